The largest absolute Gasteiger partial charge is 0.370 e. The van der Waals surface area contributed by atoms with Crippen molar-refractivity contribution in [3.63, 3.8) is 0 Å². The molecular weight excluding hydrogens is 226 g/mol. The standard InChI is InChI=1S/C5H9N5S3/c6-3(7)8-1-2-12-5-10-9-4(11)13-5/h1-2H2,(H,9,11)(H4,6,7,8). The Bertz CT molecular complexity index is 336. The Hall–Kier alpha value is -0.600. The molecule has 0 aliphatic carbocycles. The van der Waals surface area contributed by atoms with Gasteiger partial charge in [0, 0.05) is 5.75 Å². The first-order chi connectivity index (χ1) is 6.18. The summed E-state index contributed by atoms with van der Waals surface area (Å²) in [7, 11) is 0. The van der Waals surface area contributed by atoms with E-state index in [4.69, 9.17) is 23.7 Å². The van der Waals surface area contributed by atoms with Gasteiger partial charge >= 0.3 is 0 Å². The number of aromatic nitrogens is 2. The molecule has 0 atom stereocenters. The van der Waals surface area contributed by atoms with Crippen molar-refractivity contribution in [2.75, 3.05) is 12.3 Å². The van der Waals surface area contributed by atoms with Gasteiger partial charge in [0.15, 0.2) is 14.3 Å². The summed E-state index contributed by atoms with van der Waals surface area (Å²) in [5, 5.41) is 6.67. The van der Waals surface area contributed by atoms with E-state index in [0.717, 1.165) is 10.1 Å². The van der Waals surface area contributed by atoms with Crippen molar-refractivity contribution in [2.45, 2.75) is 4.34 Å². The Kier molecular flexibility index (Phi) is 4.19. The predicted octanol–water partition coefficient (Wildman–Crippen LogP) is 0.566. The molecule has 0 spiro atoms. The van der Waals surface area contributed by atoms with Crippen molar-refractivity contribution >= 4 is 41.3 Å². The van der Waals surface area contributed by atoms with Gasteiger partial charge in [0.05, 0.1) is 6.54 Å². The number of guanidine groups is 1. The van der Waals surface area contributed by atoms with Crippen LogP contribution >= 0.6 is 35.3 Å². The predicted molar refractivity (Wildman–Crippen MR) is 58.7 cm³/mol. The van der Waals surface area contributed by atoms with Crippen LogP contribution in [-0.4, -0.2) is 28.5 Å². The molecule has 0 aromatic carbocycles. The van der Waals surface area contributed by atoms with E-state index < -0.39 is 0 Å². The summed E-state index contributed by atoms with van der Waals surface area (Å²) in [6.45, 7) is 0.597. The molecule has 1 aromatic heterocycles. The van der Waals surface area contributed by atoms with Gasteiger partial charge in [-0.1, -0.05) is 23.1 Å². The van der Waals surface area contributed by atoms with Gasteiger partial charge in [0.25, 0.3) is 0 Å². The summed E-state index contributed by atoms with van der Waals surface area (Å²) in [6, 6.07) is 0. The first kappa shape index (κ1) is 10.5. The number of aliphatic imine (C=N–C) groups is 1. The van der Waals surface area contributed by atoms with E-state index in [1.54, 1.807) is 11.8 Å². The van der Waals surface area contributed by atoms with Crippen LogP contribution in [0.15, 0.2) is 9.33 Å². The number of nitrogens with one attached hydrogen (secondary N) is 1. The van der Waals surface area contributed by atoms with Gasteiger partial charge in [-0.05, 0) is 12.2 Å². The molecule has 1 aromatic rings. The molecule has 0 saturated carbocycles. The van der Waals surface area contributed by atoms with E-state index >= 15 is 0 Å². The minimum absolute atomic E-state index is 0.121. The van der Waals surface area contributed by atoms with Gasteiger partial charge < -0.3 is 11.5 Å². The molecule has 5 N–H and O–H groups in total. The van der Waals surface area contributed by atoms with Crippen LogP contribution < -0.4 is 11.5 Å². The number of nitrogens with zero attached hydrogens (tertiary/aromatic N) is 2. The highest BCUT2D eigenvalue weighted by Crippen LogP contribution is 2.19. The lowest BCUT2D eigenvalue weighted by molar-refractivity contribution is 1.00. The number of H-pyrrole nitrogens is 1. The van der Waals surface area contributed by atoms with E-state index in [9.17, 15) is 0 Å². The molecule has 0 aliphatic rings. The third-order valence-electron chi connectivity index (χ3n) is 1.03. The van der Waals surface area contributed by atoms with Gasteiger partial charge in [-0.2, -0.15) is 5.10 Å². The van der Waals surface area contributed by atoms with E-state index in [2.05, 4.69) is 15.2 Å². The fraction of sp³-hybridized carbons (Fsp3) is 0.400. The molecular formula is C5H9N5S3. The van der Waals surface area contributed by atoms with Gasteiger partial charge in [-0.3, -0.25) is 10.1 Å². The molecule has 0 bridgehead atoms. The third kappa shape index (κ3) is 4.25. The second kappa shape index (κ2) is 5.20. The number of hydrogen-bond donors (Lipinski definition) is 3. The minimum Gasteiger partial charge on any atom is -0.370 e. The fourth-order valence-electron chi connectivity index (χ4n) is 0.586. The normalized spacial score (nSPS) is 9.85. The van der Waals surface area contributed by atoms with E-state index in [0.29, 0.717) is 10.5 Å². The Balaban J connectivity index is 2.28. The van der Waals surface area contributed by atoms with Crippen molar-refractivity contribution < 1.29 is 0 Å². The highest BCUT2D eigenvalue weighted by atomic mass is 32.2. The summed E-state index contributed by atoms with van der Waals surface area (Å²) in [5.74, 6) is 0.920. The summed E-state index contributed by atoms with van der Waals surface area (Å²) >= 11 is 7.89. The van der Waals surface area contributed by atoms with Crippen LogP contribution in [0.4, 0.5) is 0 Å². The molecule has 0 aliphatic heterocycles. The maximum absolute atomic E-state index is 5.16. The molecule has 0 saturated heterocycles. The van der Waals surface area contributed by atoms with Crippen LogP contribution in [0, 0.1) is 3.95 Å². The summed E-state index contributed by atoms with van der Waals surface area (Å²) in [5.41, 5.74) is 10.3. The van der Waals surface area contributed by atoms with Crippen molar-refractivity contribution in [2.24, 2.45) is 16.5 Å². The average Bonchev–Trinajstić information content (AvgIpc) is 2.45. The molecule has 0 fully saturated rings. The van der Waals surface area contributed by atoms with Crippen LogP contribution in [0.1, 0.15) is 0 Å². The van der Waals surface area contributed by atoms with Crippen LogP contribution in [0.5, 0.6) is 0 Å². The van der Waals surface area contributed by atoms with E-state index in [1.807, 2.05) is 0 Å². The van der Waals surface area contributed by atoms with Crippen LogP contribution in [-0.2, 0) is 0 Å². The van der Waals surface area contributed by atoms with E-state index in [1.165, 1.54) is 11.3 Å². The average molecular weight is 235 g/mol. The lowest BCUT2D eigenvalue weighted by Gasteiger charge is -1.92. The van der Waals surface area contributed by atoms with Gasteiger partial charge in [-0.25, -0.2) is 0 Å². The number of aromatic amines is 1. The van der Waals surface area contributed by atoms with Crippen LogP contribution in [0.3, 0.4) is 0 Å². The molecule has 8 heteroatoms. The Morgan fingerprint density at radius 2 is 2.46 bits per heavy atom. The summed E-state index contributed by atoms with van der Waals surface area (Å²) < 4.78 is 1.60. The first-order valence-corrected chi connectivity index (χ1v) is 5.63. The number of hydrogen-bond acceptors (Lipinski definition) is 5. The molecule has 0 unspecified atom stereocenters. The second-order valence-corrected chi connectivity index (χ2v) is 5.04. The van der Waals surface area contributed by atoms with Gasteiger partial charge in [0.1, 0.15) is 0 Å². The lowest BCUT2D eigenvalue weighted by atomic mass is 10.8. The zero-order valence-corrected chi connectivity index (χ0v) is 9.14. The minimum atomic E-state index is 0.121. The Morgan fingerprint density at radius 3 is 3.00 bits per heavy atom. The second-order valence-electron chi connectivity index (χ2n) is 2.03. The number of rotatable bonds is 4. The van der Waals surface area contributed by atoms with Crippen molar-refractivity contribution in [3.05, 3.63) is 3.95 Å². The third-order valence-corrected chi connectivity index (χ3v) is 3.24. The van der Waals surface area contributed by atoms with Crippen LogP contribution in [0.2, 0.25) is 0 Å². The topological polar surface area (TPSA) is 93.1 Å². The lowest BCUT2D eigenvalue weighted by Crippen LogP contribution is -2.23. The monoisotopic (exact) mass is 235 g/mol. The van der Waals surface area contributed by atoms with Crippen LogP contribution in [0.25, 0.3) is 0 Å². The fourth-order valence-corrected chi connectivity index (χ4v) is 2.57. The van der Waals surface area contributed by atoms with Crippen molar-refractivity contribution in [3.8, 4) is 0 Å². The Morgan fingerprint density at radius 1 is 1.69 bits per heavy atom. The molecule has 1 rings (SSSR count). The highest BCUT2D eigenvalue weighted by Gasteiger charge is 1.96. The zero-order chi connectivity index (χ0) is 9.68. The SMILES string of the molecule is NC(N)=NCCSc1n[nH]c(=S)s1. The summed E-state index contributed by atoms with van der Waals surface area (Å²) in [6.07, 6.45) is 0. The number of thioether (sulfide) groups is 1. The maximum atomic E-state index is 5.16. The van der Waals surface area contributed by atoms with Gasteiger partial charge in [0.2, 0.25) is 0 Å². The van der Waals surface area contributed by atoms with Crippen molar-refractivity contribution in [1.82, 2.24) is 10.2 Å². The quantitative estimate of drug-likeness (QED) is 0.233. The molecule has 72 valence electrons. The molecule has 0 radical (unpaired) electrons. The van der Waals surface area contributed by atoms with Crippen molar-refractivity contribution in [1.29, 1.82) is 0 Å². The zero-order valence-electron chi connectivity index (χ0n) is 6.69. The molecule has 5 nitrogen and oxygen atoms in total. The smallest absolute Gasteiger partial charge is 0.185 e. The maximum Gasteiger partial charge on any atom is 0.185 e. The Labute approximate surface area is 88.6 Å². The molecule has 1 heterocycles. The number of nitrogens with two attached hydrogens (primary N) is 2. The highest BCUT2D eigenvalue weighted by molar-refractivity contribution is 8.01. The summed E-state index contributed by atoms with van der Waals surface area (Å²) in [4.78, 5) is 3.84. The molecule has 0 amide bonds. The van der Waals surface area contributed by atoms with E-state index in [-0.39, 0.29) is 5.96 Å². The first-order valence-electron chi connectivity index (χ1n) is 3.42. The van der Waals surface area contributed by atoms with Gasteiger partial charge in [-0.15, -0.1) is 0 Å². The molecule has 13 heavy (non-hydrogen) atoms.